The van der Waals surface area contributed by atoms with Crippen molar-refractivity contribution in [3.63, 3.8) is 0 Å². The molecule has 0 fully saturated rings. The highest BCUT2D eigenvalue weighted by Crippen LogP contribution is 2.27. The summed E-state index contributed by atoms with van der Waals surface area (Å²) in [7, 11) is 0. The molecular formula is C12H15NO4. The van der Waals surface area contributed by atoms with E-state index in [9.17, 15) is 14.9 Å². The van der Waals surface area contributed by atoms with E-state index < -0.39 is 11.0 Å². The number of nitro benzene ring substituents is 1. The first-order chi connectivity index (χ1) is 7.93. The molecule has 1 atom stereocenters. The maximum atomic E-state index is 11.4. The number of benzene rings is 1. The Hall–Kier alpha value is -1.91. The van der Waals surface area contributed by atoms with E-state index in [2.05, 4.69) is 0 Å². The maximum Gasteiger partial charge on any atom is 0.308 e. The van der Waals surface area contributed by atoms with Crippen molar-refractivity contribution < 1.29 is 14.5 Å². The van der Waals surface area contributed by atoms with Gasteiger partial charge in [0, 0.05) is 6.07 Å². The molecule has 0 saturated heterocycles. The molecule has 0 saturated carbocycles. The van der Waals surface area contributed by atoms with Crippen LogP contribution < -0.4 is 0 Å². The number of ether oxygens (including phenoxy) is 1. The van der Waals surface area contributed by atoms with E-state index in [0.29, 0.717) is 5.56 Å². The number of hydrogen-bond acceptors (Lipinski definition) is 4. The van der Waals surface area contributed by atoms with Crippen LogP contribution in [0.5, 0.6) is 0 Å². The lowest BCUT2D eigenvalue weighted by Gasteiger charge is -2.15. The summed E-state index contributed by atoms with van der Waals surface area (Å²) < 4.78 is 5.15. The molecule has 0 aliphatic rings. The highest BCUT2D eigenvalue weighted by molar-refractivity contribution is 5.72. The highest BCUT2D eigenvalue weighted by Gasteiger charge is 2.22. The largest absolute Gasteiger partial charge is 0.457 e. The lowest BCUT2D eigenvalue weighted by Crippen LogP contribution is -2.15. The molecule has 0 bridgehead atoms. The number of esters is 1. The molecule has 0 N–H and O–H groups in total. The van der Waals surface area contributed by atoms with Crippen LogP contribution >= 0.6 is 0 Å². The van der Waals surface area contributed by atoms with Gasteiger partial charge in [0.2, 0.25) is 0 Å². The van der Waals surface area contributed by atoms with Gasteiger partial charge in [0.15, 0.2) is 0 Å². The SMILES string of the molecule is CC(C)C(=O)OC(C)c1ccccc1[N+](=O)[O-]. The van der Waals surface area contributed by atoms with Gasteiger partial charge >= 0.3 is 5.97 Å². The molecular weight excluding hydrogens is 222 g/mol. The van der Waals surface area contributed by atoms with E-state index in [1.807, 2.05) is 0 Å². The Morgan fingerprint density at radius 2 is 1.88 bits per heavy atom. The average Bonchev–Trinajstić information content (AvgIpc) is 2.28. The highest BCUT2D eigenvalue weighted by atomic mass is 16.6. The molecule has 92 valence electrons. The zero-order valence-electron chi connectivity index (χ0n) is 10.0. The second-order valence-electron chi connectivity index (χ2n) is 4.05. The topological polar surface area (TPSA) is 69.4 Å². The molecule has 17 heavy (non-hydrogen) atoms. The fourth-order valence-corrected chi connectivity index (χ4v) is 1.37. The van der Waals surface area contributed by atoms with Crippen molar-refractivity contribution in [3.05, 3.63) is 39.9 Å². The van der Waals surface area contributed by atoms with Crippen molar-refractivity contribution in [1.29, 1.82) is 0 Å². The fourth-order valence-electron chi connectivity index (χ4n) is 1.37. The van der Waals surface area contributed by atoms with Crippen LogP contribution in [0.4, 0.5) is 5.69 Å². The van der Waals surface area contributed by atoms with Gasteiger partial charge in [0.05, 0.1) is 16.4 Å². The summed E-state index contributed by atoms with van der Waals surface area (Å²) >= 11 is 0. The first kappa shape index (κ1) is 13.2. The average molecular weight is 237 g/mol. The van der Waals surface area contributed by atoms with Gasteiger partial charge in [0.1, 0.15) is 6.10 Å². The summed E-state index contributed by atoms with van der Waals surface area (Å²) in [6.07, 6.45) is -0.619. The number of carbonyl (C=O) groups excluding carboxylic acids is 1. The molecule has 1 aromatic carbocycles. The van der Waals surface area contributed by atoms with E-state index in [4.69, 9.17) is 4.74 Å². The van der Waals surface area contributed by atoms with Crippen molar-refractivity contribution in [2.75, 3.05) is 0 Å². The van der Waals surface area contributed by atoms with E-state index >= 15 is 0 Å². The second-order valence-corrected chi connectivity index (χ2v) is 4.05. The Bertz CT molecular complexity index is 428. The molecule has 1 aromatic rings. The van der Waals surface area contributed by atoms with Crippen LogP contribution in [0.25, 0.3) is 0 Å². The van der Waals surface area contributed by atoms with Crippen LogP contribution in [0, 0.1) is 16.0 Å². The Labute approximate surface area is 99.5 Å². The molecule has 5 heteroatoms. The fraction of sp³-hybridized carbons (Fsp3) is 0.417. The normalized spacial score (nSPS) is 12.2. The molecule has 0 aliphatic carbocycles. The lowest BCUT2D eigenvalue weighted by atomic mass is 10.1. The standard InChI is InChI=1S/C12H15NO4/c1-8(2)12(14)17-9(3)10-6-4-5-7-11(10)13(15)16/h4-9H,1-3H3. The van der Waals surface area contributed by atoms with Crippen LogP contribution in [-0.2, 0) is 9.53 Å². The van der Waals surface area contributed by atoms with Crippen molar-refractivity contribution in [2.45, 2.75) is 26.9 Å². The zero-order chi connectivity index (χ0) is 13.0. The molecule has 1 unspecified atom stereocenters. The lowest BCUT2D eigenvalue weighted by molar-refractivity contribution is -0.386. The number of nitro groups is 1. The predicted octanol–water partition coefficient (Wildman–Crippen LogP) is 2.86. The van der Waals surface area contributed by atoms with Crippen molar-refractivity contribution in [2.24, 2.45) is 5.92 Å². The van der Waals surface area contributed by atoms with Crippen LogP contribution in [-0.4, -0.2) is 10.9 Å². The summed E-state index contributed by atoms with van der Waals surface area (Å²) in [4.78, 5) is 21.7. The van der Waals surface area contributed by atoms with Crippen LogP contribution in [0.3, 0.4) is 0 Å². The predicted molar refractivity (Wildman–Crippen MR) is 62.4 cm³/mol. The van der Waals surface area contributed by atoms with Gasteiger partial charge in [-0.25, -0.2) is 0 Å². The molecule has 5 nitrogen and oxygen atoms in total. The smallest absolute Gasteiger partial charge is 0.308 e. The minimum atomic E-state index is -0.619. The Balaban J connectivity index is 2.92. The maximum absolute atomic E-state index is 11.4. The molecule has 0 radical (unpaired) electrons. The van der Waals surface area contributed by atoms with Gasteiger partial charge in [-0.1, -0.05) is 26.0 Å². The number of nitrogens with zero attached hydrogens (tertiary/aromatic N) is 1. The first-order valence-electron chi connectivity index (χ1n) is 5.37. The number of para-hydroxylation sites is 1. The number of carbonyl (C=O) groups is 1. The summed E-state index contributed by atoms with van der Waals surface area (Å²) in [5.74, 6) is -0.615. The van der Waals surface area contributed by atoms with Crippen LogP contribution in [0.2, 0.25) is 0 Å². The van der Waals surface area contributed by atoms with E-state index in [-0.39, 0.29) is 17.6 Å². The van der Waals surface area contributed by atoms with Crippen LogP contribution in [0.15, 0.2) is 24.3 Å². The van der Waals surface area contributed by atoms with E-state index in [0.717, 1.165) is 0 Å². The molecule has 0 spiro atoms. The quantitative estimate of drug-likeness (QED) is 0.458. The number of hydrogen-bond donors (Lipinski definition) is 0. The van der Waals surface area contributed by atoms with Gasteiger partial charge in [-0.2, -0.15) is 0 Å². The van der Waals surface area contributed by atoms with Gasteiger partial charge < -0.3 is 4.74 Å². The molecule has 1 rings (SSSR count). The molecule has 0 aliphatic heterocycles. The first-order valence-corrected chi connectivity index (χ1v) is 5.37. The van der Waals surface area contributed by atoms with Crippen molar-refractivity contribution in [3.8, 4) is 0 Å². The minimum Gasteiger partial charge on any atom is -0.457 e. The van der Waals surface area contributed by atoms with Gasteiger partial charge in [-0.3, -0.25) is 14.9 Å². The van der Waals surface area contributed by atoms with E-state index in [1.54, 1.807) is 39.0 Å². The number of rotatable bonds is 4. The third-order valence-corrected chi connectivity index (χ3v) is 2.34. The van der Waals surface area contributed by atoms with Crippen molar-refractivity contribution in [1.82, 2.24) is 0 Å². The van der Waals surface area contributed by atoms with Gasteiger partial charge in [0.25, 0.3) is 5.69 Å². The Kier molecular flexibility index (Phi) is 4.20. The third kappa shape index (κ3) is 3.27. The zero-order valence-corrected chi connectivity index (χ0v) is 10.0. The van der Waals surface area contributed by atoms with Gasteiger partial charge in [-0.05, 0) is 13.0 Å². The minimum absolute atomic E-state index is 0.0310. The summed E-state index contributed by atoms with van der Waals surface area (Å²) in [6, 6.07) is 6.26. The van der Waals surface area contributed by atoms with E-state index in [1.165, 1.54) is 6.07 Å². The molecule has 0 heterocycles. The summed E-state index contributed by atoms with van der Waals surface area (Å²) in [6.45, 7) is 5.06. The Morgan fingerprint density at radius 3 is 2.41 bits per heavy atom. The Morgan fingerprint density at radius 1 is 1.29 bits per heavy atom. The summed E-state index contributed by atoms with van der Waals surface area (Å²) in [5.41, 5.74) is 0.378. The summed E-state index contributed by atoms with van der Waals surface area (Å²) in [5, 5.41) is 10.8. The van der Waals surface area contributed by atoms with Crippen molar-refractivity contribution >= 4 is 11.7 Å². The molecule has 0 amide bonds. The van der Waals surface area contributed by atoms with Crippen LogP contribution in [0.1, 0.15) is 32.4 Å². The second kappa shape index (κ2) is 5.43. The van der Waals surface area contributed by atoms with Gasteiger partial charge in [-0.15, -0.1) is 0 Å². The monoisotopic (exact) mass is 237 g/mol. The molecule has 0 aromatic heterocycles. The third-order valence-electron chi connectivity index (χ3n) is 2.34.